The van der Waals surface area contributed by atoms with Crippen molar-refractivity contribution in [1.82, 2.24) is 0 Å². The molecule has 0 aliphatic heterocycles. The van der Waals surface area contributed by atoms with Gasteiger partial charge >= 0.3 is 11.9 Å². The number of rotatable bonds is 18. The molecular formula is C27H44O4. The molecule has 0 atom stereocenters. The SMILES string of the molecule is CCCCCCCCCCCCCCCOC(=O)CCC(=O)Oc1ccc(C)c(C)c1. The summed E-state index contributed by atoms with van der Waals surface area (Å²) in [6.45, 7) is 6.69. The van der Waals surface area contributed by atoms with Crippen molar-refractivity contribution in [3.05, 3.63) is 29.3 Å². The van der Waals surface area contributed by atoms with E-state index < -0.39 is 5.97 Å². The first-order chi connectivity index (χ1) is 15.0. The van der Waals surface area contributed by atoms with Crippen molar-refractivity contribution in [3.8, 4) is 5.75 Å². The molecule has 0 amide bonds. The lowest BCUT2D eigenvalue weighted by molar-refractivity contribution is -0.147. The van der Waals surface area contributed by atoms with Crippen molar-refractivity contribution < 1.29 is 19.1 Å². The molecule has 0 aromatic heterocycles. The summed E-state index contributed by atoms with van der Waals surface area (Å²) in [7, 11) is 0. The van der Waals surface area contributed by atoms with E-state index in [9.17, 15) is 9.59 Å². The van der Waals surface area contributed by atoms with Gasteiger partial charge in [0.15, 0.2) is 0 Å². The normalized spacial score (nSPS) is 10.8. The van der Waals surface area contributed by atoms with Gasteiger partial charge in [-0.15, -0.1) is 0 Å². The minimum atomic E-state index is -0.402. The lowest BCUT2D eigenvalue weighted by Crippen LogP contribution is -2.13. The molecule has 0 saturated heterocycles. The van der Waals surface area contributed by atoms with Gasteiger partial charge in [0.25, 0.3) is 0 Å². The molecule has 176 valence electrons. The van der Waals surface area contributed by atoms with Crippen molar-refractivity contribution in [2.45, 2.75) is 117 Å². The average molecular weight is 433 g/mol. The monoisotopic (exact) mass is 432 g/mol. The van der Waals surface area contributed by atoms with Crippen LogP contribution in [0.5, 0.6) is 5.75 Å². The maximum atomic E-state index is 11.9. The molecule has 4 nitrogen and oxygen atoms in total. The summed E-state index contributed by atoms with van der Waals surface area (Å²) in [5.74, 6) is -0.203. The minimum absolute atomic E-state index is 0.0460. The van der Waals surface area contributed by atoms with Gasteiger partial charge in [-0.1, -0.05) is 90.0 Å². The number of ether oxygens (including phenoxy) is 2. The number of carbonyl (C=O) groups excluding carboxylic acids is 2. The van der Waals surface area contributed by atoms with E-state index in [-0.39, 0.29) is 18.8 Å². The molecule has 0 aliphatic rings. The third-order valence-corrected chi connectivity index (χ3v) is 5.75. The van der Waals surface area contributed by atoms with Crippen molar-refractivity contribution in [2.75, 3.05) is 6.61 Å². The number of benzene rings is 1. The van der Waals surface area contributed by atoms with Gasteiger partial charge in [-0.3, -0.25) is 9.59 Å². The summed E-state index contributed by atoms with van der Waals surface area (Å²) < 4.78 is 10.5. The zero-order valence-corrected chi connectivity index (χ0v) is 20.2. The second-order valence-electron chi connectivity index (χ2n) is 8.68. The Kier molecular flexibility index (Phi) is 15.6. The quantitative estimate of drug-likeness (QED) is 0.136. The van der Waals surface area contributed by atoms with E-state index in [1.165, 1.54) is 70.6 Å². The molecule has 0 aliphatic carbocycles. The zero-order valence-electron chi connectivity index (χ0n) is 20.2. The number of unbranched alkanes of at least 4 members (excludes halogenated alkanes) is 12. The lowest BCUT2D eigenvalue weighted by Gasteiger charge is -2.07. The summed E-state index contributed by atoms with van der Waals surface area (Å²) in [4.78, 5) is 23.7. The van der Waals surface area contributed by atoms with Gasteiger partial charge in [-0.2, -0.15) is 0 Å². The van der Waals surface area contributed by atoms with Crippen molar-refractivity contribution in [2.24, 2.45) is 0 Å². The standard InChI is InChI=1S/C27H44O4/c1-4-5-6-7-8-9-10-11-12-13-14-15-16-21-30-26(28)19-20-27(29)31-25-18-17-23(2)24(3)22-25/h17-18,22H,4-16,19-21H2,1-3H3. The summed E-state index contributed by atoms with van der Waals surface area (Å²) >= 11 is 0. The summed E-state index contributed by atoms with van der Waals surface area (Å²) in [6, 6.07) is 5.52. The van der Waals surface area contributed by atoms with Crippen LogP contribution in [0.2, 0.25) is 0 Å². The zero-order chi connectivity index (χ0) is 22.7. The number of hydrogen-bond donors (Lipinski definition) is 0. The predicted octanol–water partition coefficient (Wildman–Crippen LogP) is 7.62. The Hall–Kier alpha value is -1.84. The van der Waals surface area contributed by atoms with E-state index in [4.69, 9.17) is 9.47 Å². The number of carbonyl (C=O) groups is 2. The van der Waals surface area contributed by atoms with Crippen LogP contribution in [0.15, 0.2) is 18.2 Å². The molecule has 0 heterocycles. The molecule has 0 unspecified atom stereocenters. The van der Waals surface area contributed by atoms with Crippen LogP contribution < -0.4 is 4.74 Å². The fourth-order valence-corrected chi connectivity index (χ4v) is 3.54. The first kappa shape index (κ1) is 27.2. The summed E-state index contributed by atoms with van der Waals surface area (Å²) in [6.07, 6.45) is 16.9. The molecule has 1 rings (SSSR count). The second kappa shape index (κ2) is 17.8. The maximum Gasteiger partial charge on any atom is 0.311 e. The molecule has 1 aromatic carbocycles. The highest BCUT2D eigenvalue weighted by molar-refractivity contribution is 5.79. The number of hydrogen-bond acceptors (Lipinski definition) is 4. The van der Waals surface area contributed by atoms with E-state index in [1.54, 1.807) is 6.07 Å². The average Bonchev–Trinajstić information content (AvgIpc) is 2.75. The Labute approximate surface area is 190 Å². The van der Waals surface area contributed by atoms with Crippen LogP contribution in [0.3, 0.4) is 0 Å². The third-order valence-electron chi connectivity index (χ3n) is 5.75. The van der Waals surface area contributed by atoms with Crippen LogP contribution in [0.25, 0.3) is 0 Å². The van der Waals surface area contributed by atoms with Crippen LogP contribution in [0, 0.1) is 13.8 Å². The molecule has 31 heavy (non-hydrogen) atoms. The van der Waals surface area contributed by atoms with Crippen LogP contribution in [-0.2, 0) is 14.3 Å². The smallest absolute Gasteiger partial charge is 0.311 e. The molecule has 0 fully saturated rings. The first-order valence-corrected chi connectivity index (χ1v) is 12.5. The van der Waals surface area contributed by atoms with Crippen molar-refractivity contribution >= 4 is 11.9 Å². The Morgan fingerprint density at radius 2 is 1.19 bits per heavy atom. The molecular weight excluding hydrogens is 388 g/mol. The Bertz CT molecular complexity index is 624. The molecule has 0 radical (unpaired) electrons. The van der Waals surface area contributed by atoms with E-state index in [2.05, 4.69) is 6.92 Å². The van der Waals surface area contributed by atoms with E-state index in [0.29, 0.717) is 12.4 Å². The minimum Gasteiger partial charge on any atom is -0.466 e. The van der Waals surface area contributed by atoms with Crippen LogP contribution in [0.1, 0.15) is 114 Å². The number of aryl methyl sites for hydroxylation is 2. The lowest BCUT2D eigenvalue weighted by atomic mass is 10.0. The van der Waals surface area contributed by atoms with Crippen LogP contribution in [-0.4, -0.2) is 18.5 Å². The van der Waals surface area contributed by atoms with Gasteiger partial charge in [0.05, 0.1) is 19.4 Å². The van der Waals surface area contributed by atoms with Gasteiger partial charge in [-0.05, 0) is 43.5 Å². The highest BCUT2D eigenvalue weighted by Crippen LogP contribution is 2.17. The van der Waals surface area contributed by atoms with E-state index in [1.807, 2.05) is 26.0 Å². The highest BCUT2D eigenvalue weighted by atomic mass is 16.5. The van der Waals surface area contributed by atoms with E-state index >= 15 is 0 Å². The van der Waals surface area contributed by atoms with Gasteiger partial charge < -0.3 is 9.47 Å². The predicted molar refractivity (Wildman–Crippen MR) is 127 cm³/mol. The molecule has 0 bridgehead atoms. The largest absolute Gasteiger partial charge is 0.466 e. The highest BCUT2D eigenvalue weighted by Gasteiger charge is 2.10. The maximum absolute atomic E-state index is 11.9. The van der Waals surface area contributed by atoms with Crippen LogP contribution in [0.4, 0.5) is 0 Å². The summed E-state index contributed by atoms with van der Waals surface area (Å²) in [5.41, 5.74) is 2.22. The Morgan fingerprint density at radius 1 is 0.677 bits per heavy atom. The summed E-state index contributed by atoms with van der Waals surface area (Å²) in [5, 5.41) is 0. The molecule has 0 N–H and O–H groups in total. The number of esters is 2. The fourth-order valence-electron chi connectivity index (χ4n) is 3.54. The van der Waals surface area contributed by atoms with Gasteiger partial charge in [-0.25, -0.2) is 0 Å². The molecule has 0 spiro atoms. The van der Waals surface area contributed by atoms with E-state index in [0.717, 1.165) is 24.0 Å². The molecule has 0 saturated carbocycles. The van der Waals surface area contributed by atoms with Crippen molar-refractivity contribution in [3.63, 3.8) is 0 Å². The van der Waals surface area contributed by atoms with Gasteiger partial charge in [0.1, 0.15) is 5.75 Å². The Morgan fingerprint density at radius 3 is 1.74 bits per heavy atom. The van der Waals surface area contributed by atoms with Gasteiger partial charge in [0, 0.05) is 0 Å². The second-order valence-corrected chi connectivity index (χ2v) is 8.68. The topological polar surface area (TPSA) is 52.6 Å². The molecule has 4 heteroatoms. The van der Waals surface area contributed by atoms with Crippen molar-refractivity contribution in [1.29, 1.82) is 0 Å². The third kappa shape index (κ3) is 14.7. The van der Waals surface area contributed by atoms with Crippen LogP contribution >= 0.6 is 0 Å². The first-order valence-electron chi connectivity index (χ1n) is 12.5. The fraction of sp³-hybridized carbons (Fsp3) is 0.704. The Balaban J connectivity index is 1.91. The molecule has 1 aromatic rings. The van der Waals surface area contributed by atoms with Gasteiger partial charge in [0.2, 0.25) is 0 Å².